The number of pyridine rings is 1. The molecule has 0 atom stereocenters. The lowest BCUT2D eigenvalue weighted by Gasteiger charge is -2.35. The standard InChI is InChI=1S/C23H30ClN5O3S/c24-19-5-10-22(25-17-19)28-15-13-27(14-16-28)18-23(30)26-20-6-8-21(9-7-20)33(31,32)29-11-3-1-2-4-12-29/h5-10,17H,1-4,11-16,18H2,(H,26,30). The van der Waals surface area contributed by atoms with Gasteiger partial charge in [0.05, 0.1) is 16.5 Å². The molecule has 0 unspecified atom stereocenters. The van der Waals surface area contributed by atoms with Crippen molar-refractivity contribution in [2.24, 2.45) is 0 Å². The fourth-order valence-corrected chi connectivity index (χ4v) is 5.86. The maximum absolute atomic E-state index is 12.9. The number of carbonyl (C=O) groups is 1. The summed E-state index contributed by atoms with van der Waals surface area (Å²) in [6.45, 7) is 4.51. The summed E-state index contributed by atoms with van der Waals surface area (Å²) in [7, 11) is -3.49. The molecule has 33 heavy (non-hydrogen) atoms. The molecular weight excluding hydrogens is 462 g/mol. The Bertz CT molecular complexity index is 1030. The Balaban J connectivity index is 1.27. The molecule has 2 aliphatic rings. The number of nitrogens with zero attached hydrogens (tertiary/aromatic N) is 4. The molecule has 2 aromatic rings. The number of anilines is 2. The van der Waals surface area contributed by atoms with Crippen molar-refractivity contribution >= 4 is 39.0 Å². The molecule has 178 valence electrons. The second-order valence-electron chi connectivity index (χ2n) is 8.49. The first-order valence-corrected chi connectivity index (χ1v) is 13.2. The van der Waals surface area contributed by atoms with E-state index >= 15 is 0 Å². The first-order chi connectivity index (χ1) is 15.9. The van der Waals surface area contributed by atoms with Crippen LogP contribution >= 0.6 is 11.6 Å². The number of sulfonamides is 1. The summed E-state index contributed by atoms with van der Waals surface area (Å²) in [6.07, 6.45) is 5.59. The third-order valence-electron chi connectivity index (χ3n) is 6.12. The molecular formula is C23H30ClN5O3S. The van der Waals surface area contributed by atoms with Gasteiger partial charge in [-0.05, 0) is 49.2 Å². The number of aromatic nitrogens is 1. The van der Waals surface area contributed by atoms with E-state index in [4.69, 9.17) is 11.6 Å². The van der Waals surface area contributed by atoms with Crippen LogP contribution in [0.1, 0.15) is 25.7 Å². The third-order valence-corrected chi connectivity index (χ3v) is 8.25. The molecule has 4 rings (SSSR count). The monoisotopic (exact) mass is 491 g/mol. The number of hydrogen-bond donors (Lipinski definition) is 1. The molecule has 0 saturated carbocycles. The minimum absolute atomic E-state index is 0.115. The molecule has 1 aromatic heterocycles. The molecule has 2 fully saturated rings. The van der Waals surface area contributed by atoms with Gasteiger partial charge in [-0.1, -0.05) is 24.4 Å². The van der Waals surface area contributed by atoms with Crippen LogP contribution in [0.25, 0.3) is 0 Å². The first kappa shape index (κ1) is 23.9. The highest BCUT2D eigenvalue weighted by Crippen LogP contribution is 2.22. The Labute approximate surface area is 200 Å². The molecule has 3 heterocycles. The van der Waals surface area contributed by atoms with Crippen LogP contribution in [0.2, 0.25) is 5.02 Å². The maximum Gasteiger partial charge on any atom is 0.243 e. The smallest absolute Gasteiger partial charge is 0.243 e. The van der Waals surface area contributed by atoms with Gasteiger partial charge in [-0.15, -0.1) is 0 Å². The number of rotatable bonds is 6. The molecule has 0 spiro atoms. The minimum Gasteiger partial charge on any atom is -0.354 e. The molecule has 10 heteroatoms. The largest absolute Gasteiger partial charge is 0.354 e. The van der Waals surface area contributed by atoms with E-state index in [0.29, 0.717) is 23.8 Å². The normalized spacial score (nSPS) is 18.6. The van der Waals surface area contributed by atoms with E-state index in [1.807, 2.05) is 12.1 Å². The van der Waals surface area contributed by atoms with Gasteiger partial charge in [-0.3, -0.25) is 9.69 Å². The Morgan fingerprint density at radius 3 is 2.18 bits per heavy atom. The summed E-state index contributed by atoms with van der Waals surface area (Å²) in [5.41, 5.74) is 0.596. The van der Waals surface area contributed by atoms with Gasteiger partial charge in [0.2, 0.25) is 15.9 Å². The van der Waals surface area contributed by atoms with Crippen molar-refractivity contribution in [3.63, 3.8) is 0 Å². The summed E-state index contributed by atoms with van der Waals surface area (Å²) in [5, 5.41) is 3.49. The predicted octanol–water partition coefficient (Wildman–Crippen LogP) is 3.06. The fourth-order valence-electron chi connectivity index (χ4n) is 4.24. The number of piperazine rings is 1. The SMILES string of the molecule is O=C(CN1CCN(c2ccc(Cl)cn2)CC1)Nc1ccc(S(=O)(=O)N2CCCCCC2)cc1. The summed E-state index contributed by atoms with van der Waals surface area (Å²) in [6, 6.07) is 10.2. The fraction of sp³-hybridized carbons (Fsp3) is 0.478. The van der Waals surface area contributed by atoms with Crippen molar-refractivity contribution < 1.29 is 13.2 Å². The summed E-state index contributed by atoms with van der Waals surface area (Å²) in [5.74, 6) is 0.773. The number of hydrogen-bond acceptors (Lipinski definition) is 6. The average Bonchev–Trinajstić information content (AvgIpc) is 3.11. The zero-order valence-electron chi connectivity index (χ0n) is 18.6. The van der Waals surface area contributed by atoms with Gasteiger partial charge in [0.25, 0.3) is 0 Å². The summed E-state index contributed by atoms with van der Waals surface area (Å²) >= 11 is 5.90. The van der Waals surface area contributed by atoms with E-state index in [0.717, 1.165) is 57.7 Å². The number of carbonyl (C=O) groups excluding carboxylic acids is 1. The Hall–Kier alpha value is -2.20. The molecule has 1 N–H and O–H groups in total. The van der Waals surface area contributed by atoms with Crippen LogP contribution in [-0.2, 0) is 14.8 Å². The topological polar surface area (TPSA) is 85.9 Å². The van der Waals surface area contributed by atoms with Crippen LogP contribution in [0.3, 0.4) is 0 Å². The Morgan fingerprint density at radius 1 is 0.909 bits per heavy atom. The van der Waals surface area contributed by atoms with E-state index < -0.39 is 10.0 Å². The minimum atomic E-state index is -3.49. The van der Waals surface area contributed by atoms with E-state index in [-0.39, 0.29) is 17.3 Å². The van der Waals surface area contributed by atoms with Gasteiger partial charge in [-0.2, -0.15) is 4.31 Å². The van der Waals surface area contributed by atoms with Crippen LogP contribution in [0.5, 0.6) is 0 Å². The molecule has 0 radical (unpaired) electrons. The molecule has 0 aliphatic carbocycles. The van der Waals surface area contributed by atoms with Crippen molar-refractivity contribution in [3.05, 3.63) is 47.6 Å². The molecule has 2 aliphatic heterocycles. The average molecular weight is 492 g/mol. The highest BCUT2D eigenvalue weighted by Gasteiger charge is 2.25. The molecule has 2 saturated heterocycles. The van der Waals surface area contributed by atoms with Gasteiger partial charge in [0.1, 0.15) is 5.82 Å². The Kier molecular flexibility index (Phi) is 7.85. The zero-order valence-corrected chi connectivity index (χ0v) is 20.2. The zero-order chi connectivity index (χ0) is 23.3. The summed E-state index contributed by atoms with van der Waals surface area (Å²) < 4.78 is 27.4. The van der Waals surface area contributed by atoms with Gasteiger partial charge in [0.15, 0.2) is 0 Å². The third kappa shape index (κ3) is 6.23. The van der Waals surface area contributed by atoms with E-state index in [1.165, 1.54) is 0 Å². The van der Waals surface area contributed by atoms with Gasteiger partial charge < -0.3 is 10.2 Å². The van der Waals surface area contributed by atoms with Crippen molar-refractivity contribution in [2.75, 3.05) is 56.0 Å². The van der Waals surface area contributed by atoms with Crippen molar-refractivity contribution in [2.45, 2.75) is 30.6 Å². The summed E-state index contributed by atoms with van der Waals surface area (Å²) in [4.78, 5) is 21.4. The van der Waals surface area contributed by atoms with Crippen LogP contribution in [0, 0.1) is 0 Å². The second kappa shape index (κ2) is 10.8. The first-order valence-electron chi connectivity index (χ1n) is 11.4. The highest BCUT2D eigenvalue weighted by molar-refractivity contribution is 7.89. The molecule has 0 bridgehead atoms. The van der Waals surface area contributed by atoms with Crippen molar-refractivity contribution in [3.8, 4) is 0 Å². The van der Waals surface area contributed by atoms with Crippen molar-refractivity contribution in [1.82, 2.24) is 14.2 Å². The van der Waals surface area contributed by atoms with Crippen LogP contribution in [-0.4, -0.2) is 74.3 Å². The number of amides is 1. The van der Waals surface area contributed by atoms with Crippen LogP contribution in [0.15, 0.2) is 47.5 Å². The van der Waals surface area contributed by atoms with E-state index in [1.54, 1.807) is 34.8 Å². The number of halogens is 1. The molecule has 1 amide bonds. The maximum atomic E-state index is 12.9. The number of nitrogens with one attached hydrogen (secondary N) is 1. The van der Waals surface area contributed by atoms with Crippen LogP contribution < -0.4 is 10.2 Å². The highest BCUT2D eigenvalue weighted by atomic mass is 35.5. The predicted molar refractivity (Wildman–Crippen MR) is 130 cm³/mol. The van der Waals surface area contributed by atoms with Gasteiger partial charge in [0, 0.05) is 51.2 Å². The van der Waals surface area contributed by atoms with Crippen molar-refractivity contribution in [1.29, 1.82) is 0 Å². The lowest BCUT2D eigenvalue weighted by Crippen LogP contribution is -2.48. The van der Waals surface area contributed by atoms with E-state index in [9.17, 15) is 13.2 Å². The van der Waals surface area contributed by atoms with E-state index in [2.05, 4.69) is 20.1 Å². The lowest BCUT2D eigenvalue weighted by atomic mass is 10.2. The molecule has 8 nitrogen and oxygen atoms in total. The Morgan fingerprint density at radius 2 is 1.58 bits per heavy atom. The second-order valence-corrected chi connectivity index (χ2v) is 10.9. The lowest BCUT2D eigenvalue weighted by molar-refractivity contribution is -0.117. The van der Waals surface area contributed by atoms with Crippen LogP contribution in [0.4, 0.5) is 11.5 Å². The van der Waals surface area contributed by atoms with Gasteiger partial charge in [-0.25, -0.2) is 13.4 Å². The quantitative estimate of drug-likeness (QED) is 0.668. The van der Waals surface area contributed by atoms with Gasteiger partial charge >= 0.3 is 0 Å². The number of benzene rings is 1. The molecule has 1 aromatic carbocycles.